The number of nitrogens with two attached hydrogens (primary N) is 1. The summed E-state index contributed by atoms with van der Waals surface area (Å²) < 4.78 is 5.10. The summed E-state index contributed by atoms with van der Waals surface area (Å²) in [4.78, 5) is 14.2. The summed E-state index contributed by atoms with van der Waals surface area (Å²) in [7, 11) is 3.63. The number of anilines is 1. The third-order valence-corrected chi connectivity index (χ3v) is 4.25. The van der Waals surface area contributed by atoms with Gasteiger partial charge in [0.05, 0.1) is 13.7 Å². The van der Waals surface area contributed by atoms with Gasteiger partial charge in [0.25, 0.3) is 0 Å². The van der Waals surface area contributed by atoms with Gasteiger partial charge < -0.3 is 15.8 Å². The van der Waals surface area contributed by atoms with E-state index in [0.717, 1.165) is 17.9 Å². The lowest BCUT2D eigenvalue weighted by Gasteiger charge is -2.28. The fourth-order valence-electron chi connectivity index (χ4n) is 3.09. The molecule has 2 unspecified atom stereocenters. The van der Waals surface area contributed by atoms with Crippen LogP contribution in [0.5, 0.6) is 5.75 Å². The summed E-state index contributed by atoms with van der Waals surface area (Å²) in [6.07, 6.45) is 3.51. The number of methoxy groups -OCH3 is 1. The average Bonchev–Trinajstić information content (AvgIpc) is 2.96. The lowest BCUT2D eigenvalue weighted by Crippen LogP contribution is -2.41. The van der Waals surface area contributed by atoms with Gasteiger partial charge in [-0.05, 0) is 56.6 Å². The number of hydrogen-bond donors (Lipinski definition) is 2. The number of hydrogen-bond acceptors (Lipinski definition) is 4. The molecule has 2 atom stereocenters. The monoisotopic (exact) mass is 291 g/mol. The van der Waals surface area contributed by atoms with Crippen LogP contribution in [0.3, 0.4) is 0 Å². The number of amides is 1. The number of nitrogens with one attached hydrogen (secondary N) is 1. The second-order valence-electron chi connectivity index (χ2n) is 5.69. The molecule has 1 aromatic rings. The predicted octanol–water partition coefficient (Wildman–Crippen LogP) is 1.69. The molecule has 1 aliphatic rings. The first-order valence-electron chi connectivity index (χ1n) is 7.48. The van der Waals surface area contributed by atoms with Crippen LogP contribution in [0, 0.1) is 5.92 Å². The third kappa shape index (κ3) is 4.19. The van der Waals surface area contributed by atoms with Gasteiger partial charge >= 0.3 is 0 Å². The molecule has 0 bridgehead atoms. The molecule has 0 heterocycles. The van der Waals surface area contributed by atoms with Crippen LogP contribution in [0.25, 0.3) is 0 Å². The van der Waals surface area contributed by atoms with Gasteiger partial charge in [0.1, 0.15) is 5.75 Å². The zero-order chi connectivity index (χ0) is 15.2. The van der Waals surface area contributed by atoms with Gasteiger partial charge in [0.2, 0.25) is 5.91 Å². The quantitative estimate of drug-likeness (QED) is 0.837. The van der Waals surface area contributed by atoms with E-state index in [1.54, 1.807) is 7.11 Å². The molecule has 3 N–H and O–H groups in total. The second kappa shape index (κ2) is 7.43. The Kier molecular flexibility index (Phi) is 5.59. The van der Waals surface area contributed by atoms with Gasteiger partial charge in [-0.25, -0.2) is 0 Å². The van der Waals surface area contributed by atoms with Crippen LogP contribution in [-0.2, 0) is 4.79 Å². The maximum atomic E-state index is 12.1. The molecule has 5 heteroatoms. The van der Waals surface area contributed by atoms with E-state index < -0.39 is 0 Å². The number of likely N-dealkylation sites (N-methyl/N-ethyl adjacent to an activating group) is 1. The van der Waals surface area contributed by atoms with Crippen LogP contribution >= 0.6 is 0 Å². The Labute approximate surface area is 126 Å². The SMILES string of the molecule is COc1ccc(NC(=O)CN(C)C2CCCC2CN)cc1. The Balaban J connectivity index is 1.85. The molecule has 0 saturated heterocycles. The number of rotatable bonds is 6. The standard InChI is InChI=1S/C16H25N3O2/c1-19(15-5-3-4-12(15)10-17)11-16(20)18-13-6-8-14(21-2)9-7-13/h6-9,12,15H,3-5,10-11,17H2,1-2H3,(H,18,20). The van der Waals surface area contributed by atoms with Crippen molar-refractivity contribution in [2.75, 3.05) is 32.6 Å². The highest BCUT2D eigenvalue weighted by molar-refractivity contribution is 5.92. The maximum Gasteiger partial charge on any atom is 0.238 e. The molecule has 5 nitrogen and oxygen atoms in total. The molecule has 1 amide bonds. The van der Waals surface area contributed by atoms with Crippen molar-refractivity contribution in [2.45, 2.75) is 25.3 Å². The van der Waals surface area contributed by atoms with Gasteiger partial charge in [0, 0.05) is 11.7 Å². The molecule has 1 fully saturated rings. The largest absolute Gasteiger partial charge is 0.497 e. The van der Waals surface area contributed by atoms with Crippen molar-refractivity contribution in [3.05, 3.63) is 24.3 Å². The van der Waals surface area contributed by atoms with E-state index in [9.17, 15) is 4.79 Å². The average molecular weight is 291 g/mol. The summed E-state index contributed by atoms with van der Waals surface area (Å²) in [5.74, 6) is 1.30. The Morgan fingerprint density at radius 2 is 2.10 bits per heavy atom. The molecule has 116 valence electrons. The first kappa shape index (κ1) is 15.8. The number of ether oxygens (including phenoxy) is 1. The summed E-state index contributed by atoms with van der Waals surface area (Å²) in [6.45, 7) is 1.10. The molecule has 1 aromatic carbocycles. The maximum absolute atomic E-state index is 12.1. The summed E-state index contributed by atoms with van der Waals surface area (Å²) >= 11 is 0. The number of benzene rings is 1. The number of nitrogens with zero attached hydrogens (tertiary/aromatic N) is 1. The minimum Gasteiger partial charge on any atom is -0.497 e. The first-order valence-corrected chi connectivity index (χ1v) is 7.48. The van der Waals surface area contributed by atoms with Gasteiger partial charge in [-0.2, -0.15) is 0 Å². The third-order valence-electron chi connectivity index (χ3n) is 4.25. The van der Waals surface area contributed by atoms with E-state index >= 15 is 0 Å². The molecule has 2 rings (SSSR count). The summed E-state index contributed by atoms with van der Waals surface area (Å²) in [5.41, 5.74) is 6.59. The lowest BCUT2D eigenvalue weighted by molar-refractivity contribution is -0.117. The van der Waals surface area contributed by atoms with Crippen molar-refractivity contribution in [1.29, 1.82) is 0 Å². The van der Waals surface area contributed by atoms with Crippen LogP contribution in [-0.4, -0.2) is 44.1 Å². The van der Waals surface area contributed by atoms with Crippen molar-refractivity contribution in [2.24, 2.45) is 11.7 Å². The normalized spacial score (nSPS) is 21.5. The minimum absolute atomic E-state index is 0.00494. The molecule has 0 radical (unpaired) electrons. The van der Waals surface area contributed by atoms with Gasteiger partial charge in [0.15, 0.2) is 0 Å². The van der Waals surface area contributed by atoms with Gasteiger partial charge in [-0.15, -0.1) is 0 Å². The van der Waals surface area contributed by atoms with E-state index in [1.165, 1.54) is 12.8 Å². The Morgan fingerprint density at radius 3 is 2.71 bits per heavy atom. The molecule has 21 heavy (non-hydrogen) atoms. The van der Waals surface area contributed by atoms with E-state index in [4.69, 9.17) is 10.5 Å². The highest BCUT2D eigenvalue weighted by atomic mass is 16.5. The molecule has 1 aliphatic carbocycles. The van der Waals surface area contributed by atoms with Crippen molar-refractivity contribution in [3.8, 4) is 5.75 Å². The van der Waals surface area contributed by atoms with Crippen molar-refractivity contribution < 1.29 is 9.53 Å². The molecular weight excluding hydrogens is 266 g/mol. The van der Waals surface area contributed by atoms with Crippen LogP contribution in [0.1, 0.15) is 19.3 Å². The second-order valence-corrected chi connectivity index (χ2v) is 5.69. The van der Waals surface area contributed by atoms with Crippen molar-refractivity contribution in [3.63, 3.8) is 0 Å². The topological polar surface area (TPSA) is 67.6 Å². The van der Waals surface area contributed by atoms with Crippen LogP contribution in [0.4, 0.5) is 5.69 Å². The molecular formula is C16H25N3O2. The molecule has 0 aliphatic heterocycles. The fourth-order valence-corrected chi connectivity index (χ4v) is 3.09. The van der Waals surface area contributed by atoms with E-state index in [2.05, 4.69) is 10.2 Å². The zero-order valence-corrected chi connectivity index (χ0v) is 12.8. The highest BCUT2D eigenvalue weighted by Crippen LogP contribution is 2.28. The van der Waals surface area contributed by atoms with Crippen LogP contribution in [0.2, 0.25) is 0 Å². The molecule has 0 spiro atoms. The smallest absolute Gasteiger partial charge is 0.238 e. The predicted molar refractivity (Wildman–Crippen MR) is 84.4 cm³/mol. The highest BCUT2D eigenvalue weighted by Gasteiger charge is 2.29. The number of carbonyl (C=O) groups is 1. The number of carbonyl (C=O) groups excluding carboxylic acids is 1. The minimum atomic E-state index is 0.00494. The Morgan fingerprint density at radius 1 is 1.38 bits per heavy atom. The lowest BCUT2D eigenvalue weighted by atomic mass is 10.0. The Bertz CT molecular complexity index is 461. The zero-order valence-electron chi connectivity index (χ0n) is 12.8. The Hall–Kier alpha value is -1.59. The van der Waals surface area contributed by atoms with Crippen LogP contribution < -0.4 is 15.8 Å². The van der Waals surface area contributed by atoms with Crippen molar-refractivity contribution in [1.82, 2.24) is 4.90 Å². The molecule has 0 aromatic heterocycles. The fraction of sp³-hybridized carbons (Fsp3) is 0.562. The van der Waals surface area contributed by atoms with E-state index in [0.29, 0.717) is 25.0 Å². The first-order chi connectivity index (χ1) is 10.1. The van der Waals surface area contributed by atoms with E-state index in [1.807, 2.05) is 31.3 Å². The van der Waals surface area contributed by atoms with Crippen molar-refractivity contribution >= 4 is 11.6 Å². The van der Waals surface area contributed by atoms with Gasteiger partial charge in [-0.3, -0.25) is 9.69 Å². The van der Waals surface area contributed by atoms with Crippen LogP contribution in [0.15, 0.2) is 24.3 Å². The summed E-state index contributed by atoms with van der Waals surface area (Å²) in [5, 5.41) is 2.91. The molecule has 1 saturated carbocycles. The van der Waals surface area contributed by atoms with Gasteiger partial charge in [-0.1, -0.05) is 6.42 Å². The summed E-state index contributed by atoms with van der Waals surface area (Å²) in [6, 6.07) is 7.78. The van der Waals surface area contributed by atoms with E-state index in [-0.39, 0.29) is 5.91 Å².